The molecule has 0 spiro atoms. The summed E-state index contributed by atoms with van der Waals surface area (Å²) in [5.74, 6) is 1.02. The monoisotopic (exact) mass is 203 g/mol. The molecule has 0 saturated heterocycles. The zero-order valence-corrected chi connectivity index (χ0v) is 9.29. The Balaban J connectivity index is 2.20. The first-order valence-corrected chi connectivity index (χ1v) is 5.53. The van der Waals surface area contributed by atoms with Gasteiger partial charge in [0.25, 0.3) is 0 Å². The van der Waals surface area contributed by atoms with Crippen molar-refractivity contribution in [2.45, 2.75) is 26.3 Å². The lowest BCUT2D eigenvalue weighted by Gasteiger charge is -2.09. The van der Waals surface area contributed by atoms with Crippen LogP contribution in [0.4, 0.5) is 0 Å². The molecule has 2 rings (SSSR count). The highest BCUT2D eigenvalue weighted by Crippen LogP contribution is 2.23. The van der Waals surface area contributed by atoms with E-state index >= 15 is 0 Å². The summed E-state index contributed by atoms with van der Waals surface area (Å²) in [4.78, 5) is 0. The molecule has 0 fully saturated rings. The Morgan fingerprint density at radius 1 is 1.33 bits per heavy atom. The maximum absolute atomic E-state index is 5.76. The van der Waals surface area contributed by atoms with E-state index in [0.717, 1.165) is 24.3 Å². The van der Waals surface area contributed by atoms with Crippen molar-refractivity contribution in [1.29, 1.82) is 0 Å². The van der Waals surface area contributed by atoms with Crippen molar-refractivity contribution in [3.8, 4) is 0 Å². The van der Waals surface area contributed by atoms with Gasteiger partial charge in [-0.2, -0.15) is 0 Å². The number of fused-ring (bicyclic) bond motifs is 1. The van der Waals surface area contributed by atoms with E-state index in [-0.39, 0.29) is 6.04 Å². The van der Waals surface area contributed by atoms with Crippen molar-refractivity contribution < 1.29 is 4.42 Å². The number of benzene rings is 1. The van der Waals surface area contributed by atoms with Gasteiger partial charge in [0.2, 0.25) is 0 Å². The van der Waals surface area contributed by atoms with Gasteiger partial charge in [-0.05, 0) is 32.0 Å². The Hall–Kier alpha value is -1.28. The molecular formula is C13H17NO. The van der Waals surface area contributed by atoms with Crippen LogP contribution in [-0.2, 0) is 0 Å². The van der Waals surface area contributed by atoms with Gasteiger partial charge in [0.1, 0.15) is 11.3 Å². The van der Waals surface area contributed by atoms with E-state index in [1.54, 1.807) is 0 Å². The van der Waals surface area contributed by atoms with Crippen LogP contribution in [0.1, 0.15) is 32.1 Å². The summed E-state index contributed by atoms with van der Waals surface area (Å²) in [5.41, 5.74) is 0.970. The summed E-state index contributed by atoms with van der Waals surface area (Å²) in [6.07, 6.45) is 1.14. The smallest absolute Gasteiger partial charge is 0.134 e. The van der Waals surface area contributed by atoms with E-state index < -0.39 is 0 Å². The van der Waals surface area contributed by atoms with E-state index in [2.05, 4.69) is 31.3 Å². The van der Waals surface area contributed by atoms with Gasteiger partial charge in [-0.3, -0.25) is 0 Å². The Kier molecular flexibility index (Phi) is 3.07. The first-order valence-electron chi connectivity index (χ1n) is 5.53. The second kappa shape index (κ2) is 4.49. The van der Waals surface area contributed by atoms with Crippen molar-refractivity contribution in [2.24, 2.45) is 0 Å². The largest absolute Gasteiger partial charge is 0.459 e. The fourth-order valence-corrected chi connectivity index (χ4v) is 1.68. The van der Waals surface area contributed by atoms with E-state index in [4.69, 9.17) is 4.42 Å². The van der Waals surface area contributed by atoms with Crippen LogP contribution in [0.2, 0.25) is 0 Å². The lowest BCUT2D eigenvalue weighted by Crippen LogP contribution is -2.18. The zero-order valence-electron chi connectivity index (χ0n) is 9.29. The van der Waals surface area contributed by atoms with Crippen molar-refractivity contribution in [2.75, 3.05) is 6.54 Å². The number of rotatable bonds is 4. The van der Waals surface area contributed by atoms with E-state index in [1.807, 2.05) is 18.2 Å². The average Bonchev–Trinajstić information content (AvgIpc) is 2.69. The molecule has 1 aromatic carbocycles. The van der Waals surface area contributed by atoms with Gasteiger partial charge in [0.15, 0.2) is 0 Å². The Bertz CT molecular complexity index is 400. The number of furan rings is 1. The normalized spacial score (nSPS) is 13.2. The molecule has 0 aliphatic heterocycles. The number of hydrogen-bond acceptors (Lipinski definition) is 2. The standard InChI is InChI=1S/C13H17NO/c1-3-8-14-10(2)13-9-11-6-4-5-7-12(11)15-13/h4-7,9-10,14H,3,8H2,1-2H3. The van der Waals surface area contributed by atoms with Crippen LogP contribution in [-0.4, -0.2) is 6.54 Å². The first kappa shape index (κ1) is 10.2. The molecular weight excluding hydrogens is 186 g/mol. The number of hydrogen-bond donors (Lipinski definition) is 1. The third-order valence-electron chi connectivity index (χ3n) is 2.57. The van der Waals surface area contributed by atoms with Crippen molar-refractivity contribution in [3.63, 3.8) is 0 Å². The van der Waals surface area contributed by atoms with Gasteiger partial charge in [-0.15, -0.1) is 0 Å². The summed E-state index contributed by atoms with van der Waals surface area (Å²) in [6.45, 7) is 5.32. The predicted molar refractivity (Wildman–Crippen MR) is 62.9 cm³/mol. The Labute approximate surface area is 90.3 Å². The molecule has 0 radical (unpaired) electrons. The second-order valence-electron chi connectivity index (χ2n) is 3.86. The minimum Gasteiger partial charge on any atom is -0.459 e. The first-order chi connectivity index (χ1) is 7.31. The van der Waals surface area contributed by atoms with Crippen molar-refractivity contribution >= 4 is 11.0 Å². The number of nitrogens with one attached hydrogen (secondary N) is 1. The lowest BCUT2D eigenvalue weighted by atomic mass is 10.2. The Morgan fingerprint density at radius 2 is 2.13 bits per heavy atom. The highest BCUT2D eigenvalue weighted by molar-refractivity contribution is 5.77. The van der Waals surface area contributed by atoms with Crippen LogP contribution in [0.15, 0.2) is 34.7 Å². The summed E-state index contributed by atoms with van der Waals surface area (Å²) < 4.78 is 5.76. The third kappa shape index (κ3) is 2.21. The zero-order chi connectivity index (χ0) is 10.7. The SMILES string of the molecule is CCCNC(C)c1cc2ccccc2o1. The van der Waals surface area contributed by atoms with Gasteiger partial charge in [-0.1, -0.05) is 25.1 Å². The lowest BCUT2D eigenvalue weighted by molar-refractivity contribution is 0.452. The second-order valence-corrected chi connectivity index (χ2v) is 3.86. The molecule has 2 nitrogen and oxygen atoms in total. The molecule has 1 heterocycles. The van der Waals surface area contributed by atoms with E-state index in [0.29, 0.717) is 0 Å². The molecule has 0 saturated carbocycles. The fraction of sp³-hybridized carbons (Fsp3) is 0.385. The van der Waals surface area contributed by atoms with E-state index in [1.165, 1.54) is 5.39 Å². The van der Waals surface area contributed by atoms with Crippen LogP contribution >= 0.6 is 0 Å². The molecule has 1 atom stereocenters. The van der Waals surface area contributed by atoms with Gasteiger partial charge < -0.3 is 9.73 Å². The van der Waals surface area contributed by atoms with Crippen LogP contribution in [0.25, 0.3) is 11.0 Å². The highest BCUT2D eigenvalue weighted by atomic mass is 16.3. The predicted octanol–water partition coefficient (Wildman–Crippen LogP) is 3.49. The Morgan fingerprint density at radius 3 is 2.87 bits per heavy atom. The van der Waals surface area contributed by atoms with Gasteiger partial charge >= 0.3 is 0 Å². The fourth-order valence-electron chi connectivity index (χ4n) is 1.68. The maximum atomic E-state index is 5.76. The van der Waals surface area contributed by atoms with Gasteiger partial charge in [0, 0.05) is 5.39 Å². The summed E-state index contributed by atoms with van der Waals surface area (Å²) in [6, 6.07) is 10.5. The molecule has 0 amide bonds. The van der Waals surface area contributed by atoms with Crippen molar-refractivity contribution in [3.05, 3.63) is 36.1 Å². The third-order valence-corrected chi connectivity index (χ3v) is 2.57. The minimum absolute atomic E-state index is 0.289. The minimum atomic E-state index is 0.289. The molecule has 0 bridgehead atoms. The summed E-state index contributed by atoms with van der Waals surface area (Å²) in [7, 11) is 0. The molecule has 1 N–H and O–H groups in total. The van der Waals surface area contributed by atoms with E-state index in [9.17, 15) is 0 Å². The molecule has 2 aromatic rings. The molecule has 1 unspecified atom stereocenters. The van der Waals surface area contributed by atoms with Gasteiger partial charge in [0.05, 0.1) is 6.04 Å². The van der Waals surface area contributed by atoms with Crippen molar-refractivity contribution in [1.82, 2.24) is 5.32 Å². The summed E-state index contributed by atoms with van der Waals surface area (Å²) >= 11 is 0. The summed E-state index contributed by atoms with van der Waals surface area (Å²) in [5, 5.41) is 4.59. The highest BCUT2D eigenvalue weighted by Gasteiger charge is 2.09. The van der Waals surface area contributed by atoms with Gasteiger partial charge in [-0.25, -0.2) is 0 Å². The van der Waals surface area contributed by atoms with Crippen LogP contribution in [0.3, 0.4) is 0 Å². The molecule has 0 aliphatic carbocycles. The maximum Gasteiger partial charge on any atom is 0.134 e. The molecule has 15 heavy (non-hydrogen) atoms. The topological polar surface area (TPSA) is 25.2 Å². The molecule has 0 aliphatic rings. The molecule has 1 aromatic heterocycles. The van der Waals surface area contributed by atoms with Crippen LogP contribution in [0.5, 0.6) is 0 Å². The average molecular weight is 203 g/mol. The quantitative estimate of drug-likeness (QED) is 0.822. The number of para-hydroxylation sites is 1. The van der Waals surface area contributed by atoms with Crippen LogP contribution < -0.4 is 5.32 Å². The molecule has 2 heteroatoms. The van der Waals surface area contributed by atoms with Crippen LogP contribution in [0, 0.1) is 0 Å². The molecule has 80 valence electrons.